The molecule has 8 heteroatoms. The molecule has 0 aliphatic rings. The third-order valence-electron chi connectivity index (χ3n) is 2.29. The predicted molar refractivity (Wildman–Crippen MR) is 68.4 cm³/mol. The average Bonchev–Trinajstić information content (AvgIpc) is 2.35. The minimum absolute atomic E-state index is 0.137. The summed E-state index contributed by atoms with van der Waals surface area (Å²) in [6, 6.07) is 4.92. The lowest BCUT2D eigenvalue weighted by Crippen LogP contribution is -2.37. The van der Waals surface area contributed by atoms with Crippen LogP contribution < -0.4 is 10.1 Å². The van der Waals surface area contributed by atoms with Gasteiger partial charge in [0.25, 0.3) is 11.6 Å². The van der Waals surface area contributed by atoms with Gasteiger partial charge >= 0.3 is 5.97 Å². The fourth-order valence-corrected chi connectivity index (χ4v) is 1.47. The van der Waals surface area contributed by atoms with Crippen molar-refractivity contribution in [1.82, 2.24) is 5.32 Å². The van der Waals surface area contributed by atoms with E-state index in [0.717, 1.165) is 0 Å². The Morgan fingerprint density at radius 2 is 2.20 bits per heavy atom. The highest BCUT2D eigenvalue weighted by molar-refractivity contribution is 5.78. The maximum Gasteiger partial charge on any atom is 0.305 e. The van der Waals surface area contributed by atoms with Crippen LogP contribution in [0, 0.1) is 10.1 Å². The van der Waals surface area contributed by atoms with Crippen molar-refractivity contribution in [3.05, 3.63) is 34.4 Å². The molecule has 108 valence electrons. The molecule has 2 N–H and O–H groups in total. The SMILES string of the molecule is CC(CC(=O)O)NC(=O)COc1cccc([N+](=O)[O-])c1. The molecule has 0 fully saturated rings. The Morgan fingerprint density at radius 3 is 2.80 bits per heavy atom. The zero-order valence-corrected chi connectivity index (χ0v) is 10.7. The summed E-state index contributed by atoms with van der Waals surface area (Å²) in [4.78, 5) is 31.9. The molecule has 0 bridgehead atoms. The van der Waals surface area contributed by atoms with E-state index in [1.807, 2.05) is 0 Å². The maximum absolute atomic E-state index is 11.5. The highest BCUT2D eigenvalue weighted by Crippen LogP contribution is 2.18. The van der Waals surface area contributed by atoms with Crippen LogP contribution in [-0.4, -0.2) is 34.6 Å². The van der Waals surface area contributed by atoms with E-state index in [1.165, 1.54) is 24.3 Å². The zero-order valence-electron chi connectivity index (χ0n) is 10.7. The molecule has 1 aromatic rings. The Balaban J connectivity index is 2.46. The Labute approximate surface area is 114 Å². The van der Waals surface area contributed by atoms with Crippen LogP contribution in [0.1, 0.15) is 13.3 Å². The van der Waals surface area contributed by atoms with Crippen molar-refractivity contribution < 1.29 is 24.4 Å². The van der Waals surface area contributed by atoms with Gasteiger partial charge in [0, 0.05) is 12.1 Å². The summed E-state index contributed by atoms with van der Waals surface area (Å²) in [7, 11) is 0. The van der Waals surface area contributed by atoms with Crippen molar-refractivity contribution in [2.24, 2.45) is 0 Å². The fourth-order valence-electron chi connectivity index (χ4n) is 1.47. The van der Waals surface area contributed by atoms with Gasteiger partial charge in [0.05, 0.1) is 17.4 Å². The van der Waals surface area contributed by atoms with Gasteiger partial charge in [-0.15, -0.1) is 0 Å². The van der Waals surface area contributed by atoms with E-state index < -0.39 is 22.8 Å². The summed E-state index contributed by atoms with van der Waals surface area (Å²) in [5, 5.41) is 21.5. The average molecular weight is 282 g/mol. The van der Waals surface area contributed by atoms with E-state index >= 15 is 0 Å². The minimum atomic E-state index is -1.02. The van der Waals surface area contributed by atoms with Crippen molar-refractivity contribution >= 4 is 17.6 Å². The van der Waals surface area contributed by atoms with E-state index in [1.54, 1.807) is 6.92 Å². The number of hydrogen-bond acceptors (Lipinski definition) is 5. The van der Waals surface area contributed by atoms with Crippen LogP contribution in [0.3, 0.4) is 0 Å². The van der Waals surface area contributed by atoms with Gasteiger partial charge in [-0.1, -0.05) is 6.07 Å². The summed E-state index contributed by atoms with van der Waals surface area (Å²) in [6.07, 6.45) is -0.192. The first-order valence-corrected chi connectivity index (χ1v) is 5.77. The van der Waals surface area contributed by atoms with Gasteiger partial charge in [0.1, 0.15) is 5.75 Å². The van der Waals surface area contributed by atoms with Crippen molar-refractivity contribution in [2.75, 3.05) is 6.61 Å². The molecule has 1 atom stereocenters. The molecule has 0 saturated heterocycles. The molecule has 1 rings (SSSR count). The number of ether oxygens (including phenoxy) is 1. The smallest absolute Gasteiger partial charge is 0.305 e. The Bertz CT molecular complexity index is 516. The van der Waals surface area contributed by atoms with Crippen LogP contribution in [0.2, 0.25) is 0 Å². The number of non-ortho nitro benzene ring substituents is 1. The van der Waals surface area contributed by atoms with Gasteiger partial charge < -0.3 is 15.2 Å². The number of nitrogens with zero attached hydrogens (tertiary/aromatic N) is 1. The number of hydrogen-bond donors (Lipinski definition) is 2. The second-order valence-corrected chi connectivity index (χ2v) is 4.11. The summed E-state index contributed by atoms with van der Waals surface area (Å²) >= 11 is 0. The monoisotopic (exact) mass is 282 g/mol. The molecule has 0 spiro atoms. The molecule has 20 heavy (non-hydrogen) atoms. The number of carboxylic acids is 1. The molecule has 1 aromatic carbocycles. The summed E-state index contributed by atoms with van der Waals surface area (Å²) in [5.41, 5.74) is -0.137. The quantitative estimate of drug-likeness (QED) is 0.567. The first-order chi connectivity index (χ1) is 9.38. The molecular weight excluding hydrogens is 268 g/mol. The number of aliphatic carboxylic acids is 1. The van der Waals surface area contributed by atoms with Gasteiger partial charge in [0.15, 0.2) is 6.61 Å². The van der Waals surface area contributed by atoms with Crippen LogP contribution >= 0.6 is 0 Å². The number of nitro benzene ring substituents is 1. The number of carbonyl (C=O) groups excluding carboxylic acids is 1. The molecule has 0 saturated carbocycles. The summed E-state index contributed by atoms with van der Waals surface area (Å²) in [6.45, 7) is 1.21. The van der Waals surface area contributed by atoms with Crippen LogP contribution in [-0.2, 0) is 9.59 Å². The van der Waals surface area contributed by atoms with Gasteiger partial charge in [-0.2, -0.15) is 0 Å². The largest absolute Gasteiger partial charge is 0.484 e. The lowest BCUT2D eigenvalue weighted by atomic mass is 10.2. The first kappa shape index (κ1) is 15.4. The number of rotatable bonds is 7. The molecule has 1 amide bonds. The van der Waals surface area contributed by atoms with Gasteiger partial charge in [-0.25, -0.2) is 0 Å². The molecule has 8 nitrogen and oxygen atoms in total. The lowest BCUT2D eigenvalue weighted by molar-refractivity contribution is -0.384. The molecular formula is C12H14N2O6. The van der Waals surface area contributed by atoms with Crippen LogP contribution in [0.5, 0.6) is 5.75 Å². The van der Waals surface area contributed by atoms with Gasteiger partial charge in [-0.05, 0) is 13.0 Å². The van der Waals surface area contributed by atoms with Crippen molar-refractivity contribution in [2.45, 2.75) is 19.4 Å². The topological polar surface area (TPSA) is 119 Å². The number of amides is 1. The molecule has 0 aliphatic heterocycles. The number of nitro groups is 1. The standard InChI is InChI=1S/C12H14N2O6/c1-8(5-12(16)17)13-11(15)7-20-10-4-2-3-9(6-10)14(18)19/h2-4,6,8H,5,7H2,1H3,(H,13,15)(H,16,17). The van der Waals surface area contributed by atoms with Crippen LogP contribution in [0.25, 0.3) is 0 Å². The Hall–Kier alpha value is -2.64. The number of carboxylic acid groups (broad SMARTS) is 1. The normalized spacial score (nSPS) is 11.4. The van der Waals surface area contributed by atoms with Crippen LogP contribution in [0.15, 0.2) is 24.3 Å². The third kappa shape index (κ3) is 5.34. The molecule has 1 unspecified atom stereocenters. The predicted octanol–water partition coefficient (Wildman–Crippen LogP) is 0.953. The third-order valence-corrected chi connectivity index (χ3v) is 2.29. The maximum atomic E-state index is 11.5. The van der Waals surface area contributed by atoms with E-state index in [0.29, 0.717) is 0 Å². The highest BCUT2D eigenvalue weighted by Gasteiger charge is 2.12. The molecule has 0 radical (unpaired) electrons. The number of nitrogens with one attached hydrogen (secondary N) is 1. The van der Waals surface area contributed by atoms with E-state index in [4.69, 9.17) is 9.84 Å². The first-order valence-electron chi connectivity index (χ1n) is 5.77. The molecule has 0 aromatic heterocycles. The minimum Gasteiger partial charge on any atom is -0.484 e. The van der Waals surface area contributed by atoms with E-state index in [9.17, 15) is 19.7 Å². The zero-order chi connectivity index (χ0) is 15.1. The lowest BCUT2D eigenvalue weighted by Gasteiger charge is -2.12. The van der Waals surface area contributed by atoms with Gasteiger partial charge in [-0.3, -0.25) is 19.7 Å². The van der Waals surface area contributed by atoms with Crippen molar-refractivity contribution in [3.63, 3.8) is 0 Å². The van der Waals surface area contributed by atoms with Gasteiger partial charge in [0.2, 0.25) is 0 Å². The van der Waals surface area contributed by atoms with Crippen molar-refractivity contribution in [1.29, 1.82) is 0 Å². The van der Waals surface area contributed by atoms with Crippen LogP contribution in [0.4, 0.5) is 5.69 Å². The molecule has 0 heterocycles. The Morgan fingerprint density at radius 1 is 1.50 bits per heavy atom. The second kappa shape index (κ2) is 7.07. The summed E-state index contributed by atoms with van der Waals surface area (Å²) < 4.78 is 5.10. The molecule has 0 aliphatic carbocycles. The fraction of sp³-hybridized carbons (Fsp3) is 0.333. The second-order valence-electron chi connectivity index (χ2n) is 4.11. The van der Waals surface area contributed by atoms with E-state index in [2.05, 4.69) is 5.32 Å². The highest BCUT2D eigenvalue weighted by atomic mass is 16.6. The number of carbonyl (C=O) groups is 2. The van der Waals surface area contributed by atoms with E-state index in [-0.39, 0.29) is 24.5 Å². The van der Waals surface area contributed by atoms with Crippen molar-refractivity contribution in [3.8, 4) is 5.75 Å². The number of benzene rings is 1. The summed E-state index contributed by atoms with van der Waals surface area (Å²) in [5.74, 6) is -1.32. The Kier molecular flexibility index (Phi) is 5.45.